The molecule has 64 valence electrons. The van der Waals surface area contributed by atoms with E-state index in [-0.39, 0.29) is 0 Å². The lowest BCUT2D eigenvalue weighted by molar-refractivity contribution is 0.200. The van der Waals surface area contributed by atoms with Gasteiger partial charge in [0.25, 0.3) is 0 Å². The van der Waals surface area contributed by atoms with Crippen LogP contribution < -0.4 is 10.6 Å². The number of rotatable bonds is 0. The van der Waals surface area contributed by atoms with Crippen molar-refractivity contribution >= 4 is 0 Å². The second-order valence-corrected chi connectivity index (χ2v) is 3.94. The first-order chi connectivity index (χ1) is 5.41. The molecule has 0 aliphatic carbocycles. The fourth-order valence-electron chi connectivity index (χ4n) is 2.36. The van der Waals surface area contributed by atoms with E-state index in [4.69, 9.17) is 0 Å². The van der Waals surface area contributed by atoms with E-state index in [9.17, 15) is 0 Å². The minimum Gasteiger partial charge on any atom is -0.315 e. The molecule has 0 saturated carbocycles. The summed E-state index contributed by atoms with van der Waals surface area (Å²) in [5.41, 5.74) is 0.497. The molecular weight excluding hydrogens is 136 g/mol. The van der Waals surface area contributed by atoms with Crippen molar-refractivity contribution in [1.82, 2.24) is 10.6 Å². The van der Waals surface area contributed by atoms with Crippen molar-refractivity contribution in [3.8, 4) is 0 Å². The Morgan fingerprint density at radius 3 is 2.45 bits per heavy atom. The second-order valence-electron chi connectivity index (χ2n) is 3.94. The molecule has 2 heteroatoms. The van der Waals surface area contributed by atoms with Gasteiger partial charge in [-0.3, -0.25) is 0 Å². The minimum absolute atomic E-state index is 0.497. The molecule has 2 rings (SSSR count). The van der Waals surface area contributed by atoms with Crippen molar-refractivity contribution in [3.05, 3.63) is 0 Å². The molecule has 1 spiro atoms. The third kappa shape index (κ3) is 1.57. The fourth-order valence-corrected chi connectivity index (χ4v) is 2.36. The maximum Gasteiger partial charge on any atom is 0.0306 e. The molecule has 2 aliphatic rings. The van der Waals surface area contributed by atoms with Crippen molar-refractivity contribution in [3.63, 3.8) is 0 Å². The Bertz CT molecular complexity index is 102. The van der Waals surface area contributed by atoms with Crippen LogP contribution in [0.4, 0.5) is 0 Å². The predicted molar refractivity (Wildman–Crippen MR) is 46.7 cm³/mol. The molecule has 2 aliphatic heterocycles. The standard InChI is InChI=1S/C9H18N2/c1-2-7-11-9(4-1)5-3-6-10-8-9/h10-11H,1-8H2/t9-/m1/s1. The van der Waals surface area contributed by atoms with E-state index < -0.39 is 0 Å². The molecule has 2 saturated heterocycles. The Hall–Kier alpha value is -0.0800. The molecule has 1 atom stereocenters. The molecule has 2 N–H and O–H groups in total. The molecule has 2 fully saturated rings. The summed E-state index contributed by atoms with van der Waals surface area (Å²) in [5, 5.41) is 7.15. The first-order valence-electron chi connectivity index (χ1n) is 4.87. The Labute approximate surface area is 68.7 Å². The Morgan fingerprint density at radius 1 is 0.909 bits per heavy atom. The highest BCUT2D eigenvalue weighted by Crippen LogP contribution is 2.25. The van der Waals surface area contributed by atoms with E-state index >= 15 is 0 Å². The summed E-state index contributed by atoms with van der Waals surface area (Å²) in [6, 6.07) is 0. The lowest BCUT2D eigenvalue weighted by Crippen LogP contribution is -2.57. The van der Waals surface area contributed by atoms with Crippen LogP contribution in [0, 0.1) is 0 Å². The topological polar surface area (TPSA) is 24.1 Å². The van der Waals surface area contributed by atoms with Gasteiger partial charge in [0.05, 0.1) is 0 Å². The fraction of sp³-hybridized carbons (Fsp3) is 1.00. The number of hydrogen-bond donors (Lipinski definition) is 2. The van der Waals surface area contributed by atoms with Crippen LogP contribution in [-0.4, -0.2) is 25.2 Å². The zero-order valence-corrected chi connectivity index (χ0v) is 7.16. The van der Waals surface area contributed by atoms with Crippen LogP contribution in [0.5, 0.6) is 0 Å². The molecule has 2 nitrogen and oxygen atoms in total. The van der Waals surface area contributed by atoms with Crippen LogP contribution in [0.2, 0.25) is 0 Å². The zero-order chi connectivity index (χ0) is 7.57. The van der Waals surface area contributed by atoms with Crippen LogP contribution >= 0.6 is 0 Å². The smallest absolute Gasteiger partial charge is 0.0306 e. The Balaban J connectivity index is 1.94. The van der Waals surface area contributed by atoms with E-state index in [1.54, 1.807) is 0 Å². The third-order valence-electron chi connectivity index (χ3n) is 3.05. The van der Waals surface area contributed by atoms with Crippen LogP contribution in [0.1, 0.15) is 32.1 Å². The quantitative estimate of drug-likeness (QED) is 0.541. The van der Waals surface area contributed by atoms with Crippen molar-refractivity contribution in [2.24, 2.45) is 0 Å². The molecule has 0 unspecified atom stereocenters. The molecule has 0 aromatic heterocycles. The van der Waals surface area contributed by atoms with Gasteiger partial charge < -0.3 is 10.6 Å². The first-order valence-corrected chi connectivity index (χ1v) is 4.87. The van der Waals surface area contributed by atoms with Gasteiger partial charge in [0, 0.05) is 12.1 Å². The van der Waals surface area contributed by atoms with Crippen molar-refractivity contribution in [2.45, 2.75) is 37.6 Å². The lowest BCUT2D eigenvalue weighted by atomic mass is 9.83. The highest BCUT2D eigenvalue weighted by Gasteiger charge is 2.32. The van der Waals surface area contributed by atoms with Gasteiger partial charge in [0.2, 0.25) is 0 Å². The average Bonchev–Trinajstić information content (AvgIpc) is 2.07. The second kappa shape index (κ2) is 3.11. The van der Waals surface area contributed by atoms with Gasteiger partial charge in [-0.25, -0.2) is 0 Å². The van der Waals surface area contributed by atoms with E-state index in [1.807, 2.05) is 0 Å². The van der Waals surface area contributed by atoms with Crippen molar-refractivity contribution in [2.75, 3.05) is 19.6 Å². The molecule has 11 heavy (non-hydrogen) atoms. The summed E-state index contributed by atoms with van der Waals surface area (Å²) in [4.78, 5) is 0. The number of nitrogens with one attached hydrogen (secondary N) is 2. The van der Waals surface area contributed by atoms with Crippen molar-refractivity contribution < 1.29 is 0 Å². The predicted octanol–water partition coefficient (Wildman–Crippen LogP) is 0.882. The minimum atomic E-state index is 0.497. The van der Waals surface area contributed by atoms with Gasteiger partial charge in [-0.15, -0.1) is 0 Å². The number of hydrogen-bond acceptors (Lipinski definition) is 2. The summed E-state index contributed by atoms with van der Waals surface area (Å²) in [7, 11) is 0. The van der Waals surface area contributed by atoms with Crippen molar-refractivity contribution in [1.29, 1.82) is 0 Å². The van der Waals surface area contributed by atoms with Gasteiger partial charge in [-0.1, -0.05) is 6.42 Å². The van der Waals surface area contributed by atoms with E-state index in [0.717, 1.165) is 0 Å². The zero-order valence-electron chi connectivity index (χ0n) is 7.16. The molecule has 0 bridgehead atoms. The summed E-state index contributed by atoms with van der Waals surface area (Å²) < 4.78 is 0. The maximum atomic E-state index is 3.67. The molecule has 0 aromatic rings. The lowest BCUT2D eigenvalue weighted by Gasteiger charge is -2.41. The monoisotopic (exact) mass is 154 g/mol. The highest BCUT2D eigenvalue weighted by molar-refractivity contribution is 4.95. The van der Waals surface area contributed by atoms with Gasteiger partial charge in [-0.05, 0) is 38.8 Å². The van der Waals surface area contributed by atoms with Gasteiger partial charge >= 0.3 is 0 Å². The first kappa shape index (κ1) is 7.56. The van der Waals surface area contributed by atoms with Gasteiger partial charge in [0.1, 0.15) is 0 Å². The molecule has 0 aromatic carbocycles. The molecule has 2 heterocycles. The Kier molecular flexibility index (Phi) is 2.14. The van der Waals surface area contributed by atoms with E-state index in [1.165, 1.54) is 51.7 Å². The Morgan fingerprint density at radius 2 is 1.82 bits per heavy atom. The van der Waals surface area contributed by atoms with E-state index in [0.29, 0.717) is 5.54 Å². The average molecular weight is 154 g/mol. The largest absolute Gasteiger partial charge is 0.315 e. The normalized spacial score (nSPS) is 39.3. The SMILES string of the molecule is C1CC[C@]2(CCCNC2)NC1. The maximum absolute atomic E-state index is 3.67. The summed E-state index contributed by atoms with van der Waals surface area (Å²) in [5.74, 6) is 0. The van der Waals surface area contributed by atoms with Crippen LogP contribution in [0.3, 0.4) is 0 Å². The van der Waals surface area contributed by atoms with Gasteiger partial charge in [-0.2, -0.15) is 0 Å². The summed E-state index contributed by atoms with van der Waals surface area (Å²) >= 11 is 0. The molecule has 0 radical (unpaired) electrons. The highest BCUT2D eigenvalue weighted by atomic mass is 15.1. The van der Waals surface area contributed by atoms with E-state index in [2.05, 4.69) is 10.6 Å². The van der Waals surface area contributed by atoms with Crippen LogP contribution in [0.25, 0.3) is 0 Å². The molecule has 0 amide bonds. The summed E-state index contributed by atoms with van der Waals surface area (Å²) in [6.07, 6.45) is 6.93. The molecular formula is C9H18N2. The number of piperidine rings is 2. The van der Waals surface area contributed by atoms with Gasteiger partial charge in [0.15, 0.2) is 0 Å². The third-order valence-corrected chi connectivity index (χ3v) is 3.05. The summed E-state index contributed by atoms with van der Waals surface area (Å²) in [6.45, 7) is 3.66. The van der Waals surface area contributed by atoms with Crippen LogP contribution in [0.15, 0.2) is 0 Å². The van der Waals surface area contributed by atoms with Crippen LogP contribution in [-0.2, 0) is 0 Å².